The van der Waals surface area contributed by atoms with Crippen molar-refractivity contribution in [2.24, 2.45) is 0 Å². The van der Waals surface area contributed by atoms with E-state index in [0.29, 0.717) is 0 Å². The molecular formula is C50H34BNO2. The highest BCUT2D eigenvalue weighted by Gasteiger charge is 2.40. The first kappa shape index (κ1) is 30.8. The molecule has 8 aromatic carbocycles. The van der Waals surface area contributed by atoms with E-state index in [0.717, 1.165) is 78.5 Å². The second kappa shape index (κ2) is 11.9. The van der Waals surface area contributed by atoms with Crippen molar-refractivity contribution < 1.29 is 9.47 Å². The molecular weight excluding hydrogens is 657 g/mol. The maximum Gasteiger partial charge on any atom is 0.260 e. The summed E-state index contributed by atoms with van der Waals surface area (Å²) in [5.41, 5.74) is 16.2. The van der Waals surface area contributed by atoms with Gasteiger partial charge in [-0.1, -0.05) is 120 Å². The van der Waals surface area contributed by atoms with E-state index in [9.17, 15) is 0 Å². The molecule has 0 fully saturated rings. The van der Waals surface area contributed by atoms with Crippen LogP contribution in [0.5, 0.6) is 23.0 Å². The minimum atomic E-state index is -0.0175. The van der Waals surface area contributed by atoms with Crippen LogP contribution in [0.15, 0.2) is 170 Å². The van der Waals surface area contributed by atoms with Gasteiger partial charge < -0.3 is 14.0 Å². The van der Waals surface area contributed by atoms with Crippen LogP contribution >= 0.6 is 0 Å². The van der Waals surface area contributed by atoms with E-state index in [1.807, 2.05) is 0 Å². The maximum atomic E-state index is 6.87. The average Bonchev–Trinajstić information content (AvgIpc) is 3.53. The third-order valence-electron chi connectivity index (χ3n) is 11.2. The molecule has 254 valence electrons. The molecule has 2 aliphatic rings. The Hall–Kier alpha value is -6.78. The predicted octanol–water partition coefficient (Wildman–Crippen LogP) is 11.1. The minimum Gasteiger partial charge on any atom is -0.458 e. The summed E-state index contributed by atoms with van der Waals surface area (Å²) in [6, 6.07) is 61.1. The third-order valence-corrected chi connectivity index (χ3v) is 11.2. The quantitative estimate of drug-likeness (QED) is 0.172. The number of rotatable bonds is 4. The monoisotopic (exact) mass is 691 g/mol. The summed E-state index contributed by atoms with van der Waals surface area (Å²) in [5, 5.41) is 2.56. The molecule has 1 aromatic heterocycles. The molecule has 0 aliphatic carbocycles. The SMILES string of the molecule is Cc1ccc2c(c1)c1cc(C)ccc1n2-c1ccc(-c2cc3c4c(c2)Oc2cc(-c5ccccc5)ccc2B4c2ccc(-c4ccccc4)cc2O3)cc1. The molecule has 54 heavy (non-hydrogen) atoms. The first-order valence-corrected chi connectivity index (χ1v) is 18.6. The lowest BCUT2D eigenvalue weighted by Crippen LogP contribution is -2.57. The lowest BCUT2D eigenvalue weighted by atomic mass is 9.34. The molecule has 3 nitrogen and oxygen atoms in total. The van der Waals surface area contributed by atoms with Crippen LogP contribution in [0.4, 0.5) is 0 Å². The van der Waals surface area contributed by atoms with Crippen molar-refractivity contribution in [3.63, 3.8) is 0 Å². The molecule has 0 spiro atoms. The summed E-state index contributed by atoms with van der Waals surface area (Å²) in [6.07, 6.45) is 0. The van der Waals surface area contributed by atoms with Gasteiger partial charge >= 0.3 is 0 Å². The largest absolute Gasteiger partial charge is 0.458 e. The van der Waals surface area contributed by atoms with E-state index >= 15 is 0 Å². The number of ether oxygens (including phenoxy) is 2. The van der Waals surface area contributed by atoms with Crippen molar-refractivity contribution >= 4 is 44.9 Å². The number of aryl methyl sites for hydroxylation is 2. The van der Waals surface area contributed by atoms with Gasteiger partial charge in [-0.2, -0.15) is 0 Å². The number of nitrogens with zero attached hydrogens (tertiary/aromatic N) is 1. The molecule has 9 aromatic rings. The maximum absolute atomic E-state index is 6.87. The second-order valence-corrected chi connectivity index (χ2v) is 14.7. The zero-order valence-electron chi connectivity index (χ0n) is 30.0. The highest BCUT2D eigenvalue weighted by Crippen LogP contribution is 2.41. The molecule has 3 heterocycles. The van der Waals surface area contributed by atoms with Crippen LogP contribution in [0.25, 0.3) is 60.9 Å². The number of benzene rings is 8. The Balaban J connectivity index is 1.05. The highest BCUT2D eigenvalue weighted by atomic mass is 16.5. The van der Waals surface area contributed by atoms with Gasteiger partial charge in [0, 0.05) is 21.9 Å². The van der Waals surface area contributed by atoms with Gasteiger partial charge in [-0.25, -0.2) is 0 Å². The molecule has 0 saturated carbocycles. The Kier molecular flexibility index (Phi) is 6.78. The summed E-state index contributed by atoms with van der Waals surface area (Å²) in [4.78, 5) is 0. The topological polar surface area (TPSA) is 23.4 Å². The third kappa shape index (κ3) is 4.84. The number of fused-ring (bicyclic) bond motifs is 7. The van der Waals surface area contributed by atoms with Crippen LogP contribution in [0.1, 0.15) is 11.1 Å². The van der Waals surface area contributed by atoms with Gasteiger partial charge in [0.05, 0.1) is 11.0 Å². The fraction of sp³-hybridized carbons (Fsp3) is 0.0400. The zero-order valence-corrected chi connectivity index (χ0v) is 30.0. The Morgan fingerprint density at radius 1 is 0.389 bits per heavy atom. The molecule has 0 saturated heterocycles. The molecule has 0 unspecified atom stereocenters. The van der Waals surface area contributed by atoms with Crippen LogP contribution < -0.4 is 25.9 Å². The van der Waals surface area contributed by atoms with Gasteiger partial charge in [-0.15, -0.1) is 0 Å². The van der Waals surface area contributed by atoms with Crippen LogP contribution in [-0.2, 0) is 0 Å². The van der Waals surface area contributed by atoms with E-state index in [1.165, 1.54) is 32.9 Å². The predicted molar refractivity (Wildman–Crippen MR) is 224 cm³/mol. The van der Waals surface area contributed by atoms with Crippen molar-refractivity contribution in [3.8, 4) is 62.1 Å². The van der Waals surface area contributed by atoms with Crippen LogP contribution in [-0.4, -0.2) is 11.3 Å². The van der Waals surface area contributed by atoms with Crippen molar-refractivity contribution in [3.05, 3.63) is 181 Å². The fourth-order valence-electron chi connectivity index (χ4n) is 8.61. The van der Waals surface area contributed by atoms with Gasteiger partial charge in [0.15, 0.2) is 0 Å². The number of hydrogen-bond acceptors (Lipinski definition) is 2. The van der Waals surface area contributed by atoms with Crippen molar-refractivity contribution in [2.45, 2.75) is 13.8 Å². The highest BCUT2D eigenvalue weighted by molar-refractivity contribution is 6.98. The van der Waals surface area contributed by atoms with E-state index < -0.39 is 0 Å². The number of aromatic nitrogens is 1. The molecule has 0 amide bonds. The van der Waals surface area contributed by atoms with E-state index in [4.69, 9.17) is 9.47 Å². The summed E-state index contributed by atoms with van der Waals surface area (Å²) < 4.78 is 16.1. The molecule has 0 bridgehead atoms. The van der Waals surface area contributed by atoms with E-state index in [-0.39, 0.29) is 6.71 Å². The second-order valence-electron chi connectivity index (χ2n) is 14.7. The van der Waals surface area contributed by atoms with Crippen molar-refractivity contribution in [1.82, 2.24) is 4.57 Å². The lowest BCUT2D eigenvalue weighted by molar-refractivity contribution is 0.465. The van der Waals surface area contributed by atoms with Gasteiger partial charge in [0.1, 0.15) is 23.0 Å². The summed E-state index contributed by atoms with van der Waals surface area (Å²) in [7, 11) is 0. The van der Waals surface area contributed by atoms with Crippen LogP contribution in [0, 0.1) is 13.8 Å². The standard InChI is InChI=1S/C50H34BNO2/c1-31-13-23-44-40(25-31)41-26-32(2)14-24-45(41)52(44)39-19-15-35(16-20-39)38-29-48-50-49(30-38)54-47-28-37(34-11-7-4-8-12-34)18-22-43(47)51(50)42-21-17-36(27-46(42)53-48)33-9-5-3-6-10-33/h3-30H,1-2H3. The van der Waals surface area contributed by atoms with Crippen molar-refractivity contribution in [2.75, 3.05) is 0 Å². The zero-order chi connectivity index (χ0) is 35.9. The Bertz CT molecular complexity index is 2770. The van der Waals surface area contributed by atoms with Gasteiger partial charge in [0.2, 0.25) is 0 Å². The van der Waals surface area contributed by atoms with Crippen LogP contribution in [0.2, 0.25) is 0 Å². The Morgan fingerprint density at radius 3 is 1.33 bits per heavy atom. The smallest absolute Gasteiger partial charge is 0.260 e. The normalized spacial score (nSPS) is 12.5. The Labute approximate surface area is 314 Å². The number of hydrogen-bond donors (Lipinski definition) is 0. The molecule has 2 aliphatic heterocycles. The minimum absolute atomic E-state index is 0.0175. The Morgan fingerprint density at radius 2 is 0.833 bits per heavy atom. The van der Waals surface area contributed by atoms with Gasteiger partial charge in [-0.3, -0.25) is 0 Å². The average molecular weight is 692 g/mol. The lowest BCUT2D eigenvalue weighted by Gasteiger charge is -2.34. The molecule has 0 N–H and O–H groups in total. The van der Waals surface area contributed by atoms with Gasteiger partial charge in [0.25, 0.3) is 6.71 Å². The van der Waals surface area contributed by atoms with E-state index in [2.05, 4.69) is 188 Å². The molecule has 4 heteroatoms. The first-order chi connectivity index (χ1) is 26.6. The van der Waals surface area contributed by atoms with E-state index in [1.54, 1.807) is 0 Å². The molecule has 0 radical (unpaired) electrons. The van der Waals surface area contributed by atoms with Crippen LogP contribution in [0.3, 0.4) is 0 Å². The molecule has 0 atom stereocenters. The summed E-state index contributed by atoms with van der Waals surface area (Å²) in [5.74, 6) is 3.42. The summed E-state index contributed by atoms with van der Waals surface area (Å²) in [6.45, 7) is 4.31. The van der Waals surface area contributed by atoms with Crippen molar-refractivity contribution in [1.29, 1.82) is 0 Å². The first-order valence-electron chi connectivity index (χ1n) is 18.6. The van der Waals surface area contributed by atoms with Gasteiger partial charge in [-0.05, 0) is 119 Å². The summed E-state index contributed by atoms with van der Waals surface area (Å²) >= 11 is 0. The molecule has 11 rings (SSSR count). The fourth-order valence-corrected chi connectivity index (χ4v) is 8.61.